The number of hydrogen-bond donors (Lipinski definition) is 0. The van der Waals surface area contributed by atoms with E-state index in [1.54, 1.807) is 0 Å². The molecule has 0 aliphatic rings. The van der Waals surface area contributed by atoms with Crippen molar-refractivity contribution >= 4 is 17.6 Å². The molecule has 152 valence electrons. The van der Waals surface area contributed by atoms with Crippen LogP contribution in [0.15, 0.2) is 0 Å². The monoisotopic (exact) mass is 396 g/mol. The molecule has 0 unspecified atom stereocenters. The SMILES string of the molecule is CCCO[Si](CC[Si](OCC)(OCC)OCC)(OCCC)OC(C)C. The van der Waals surface area contributed by atoms with Crippen LogP contribution in [0.1, 0.15) is 61.3 Å². The summed E-state index contributed by atoms with van der Waals surface area (Å²) < 4.78 is 36.5. The molecule has 0 N–H and O–H groups in total. The van der Waals surface area contributed by atoms with Gasteiger partial charge in [0.05, 0.1) is 0 Å². The Morgan fingerprint density at radius 3 is 1.32 bits per heavy atom. The predicted molar refractivity (Wildman–Crippen MR) is 105 cm³/mol. The molecule has 0 saturated heterocycles. The van der Waals surface area contributed by atoms with E-state index in [0.717, 1.165) is 12.8 Å². The predicted octanol–water partition coefficient (Wildman–Crippen LogP) is 4.25. The van der Waals surface area contributed by atoms with Gasteiger partial charge in [0.2, 0.25) is 0 Å². The summed E-state index contributed by atoms with van der Waals surface area (Å²) in [6.45, 7) is 17.1. The molecule has 0 saturated carbocycles. The third-order valence-corrected chi connectivity index (χ3v) is 9.83. The second-order valence-electron chi connectivity index (χ2n) is 6.03. The van der Waals surface area contributed by atoms with Gasteiger partial charge in [0.25, 0.3) is 0 Å². The quantitative estimate of drug-likeness (QED) is 0.343. The minimum atomic E-state index is -2.80. The molecule has 0 fully saturated rings. The van der Waals surface area contributed by atoms with E-state index in [9.17, 15) is 0 Å². The first-order valence-electron chi connectivity index (χ1n) is 9.80. The van der Waals surface area contributed by atoms with E-state index in [0.29, 0.717) is 45.1 Å². The highest BCUT2D eigenvalue weighted by molar-refractivity contribution is 6.66. The van der Waals surface area contributed by atoms with Gasteiger partial charge in [-0.25, -0.2) is 0 Å². The summed E-state index contributed by atoms with van der Waals surface area (Å²) in [6.07, 6.45) is 1.90. The van der Waals surface area contributed by atoms with Gasteiger partial charge in [0.15, 0.2) is 0 Å². The smallest absolute Gasteiger partial charge is 0.374 e. The van der Waals surface area contributed by atoms with Crippen molar-refractivity contribution in [1.29, 1.82) is 0 Å². The zero-order valence-electron chi connectivity index (χ0n) is 17.4. The summed E-state index contributed by atoms with van der Waals surface area (Å²) in [4.78, 5) is 0. The fraction of sp³-hybridized carbons (Fsp3) is 1.00. The molecule has 0 radical (unpaired) electrons. The van der Waals surface area contributed by atoms with Crippen molar-refractivity contribution in [3.05, 3.63) is 0 Å². The van der Waals surface area contributed by atoms with Gasteiger partial charge in [-0.15, -0.1) is 0 Å². The van der Waals surface area contributed by atoms with Crippen LogP contribution in [0.25, 0.3) is 0 Å². The lowest BCUT2D eigenvalue weighted by atomic mass is 10.5. The first kappa shape index (κ1) is 25.2. The molecule has 0 aliphatic heterocycles. The van der Waals surface area contributed by atoms with Crippen molar-refractivity contribution in [3.63, 3.8) is 0 Å². The molecule has 0 amide bonds. The summed E-state index contributed by atoms with van der Waals surface area (Å²) >= 11 is 0. The zero-order chi connectivity index (χ0) is 19.2. The van der Waals surface area contributed by atoms with Crippen molar-refractivity contribution in [2.75, 3.05) is 33.0 Å². The second-order valence-corrected chi connectivity index (χ2v) is 11.4. The first-order chi connectivity index (χ1) is 11.9. The van der Waals surface area contributed by atoms with Crippen LogP contribution in [0, 0.1) is 0 Å². The molecule has 8 heteroatoms. The maximum absolute atomic E-state index is 6.22. The van der Waals surface area contributed by atoms with E-state index >= 15 is 0 Å². The van der Waals surface area contributed by atoms with Crippen LogP contribution in [-0.2, 0) is 26.6 Å². The fourth-order valence-electron chi connectivity index (χ4n) is 2.49. The zero-order valence-corrected chi connectivity index (χ0v) is 19.4. The number of hydrogen-bond acceptors (Lipinski definition) is 6. The van der Waals surface area contributed by atoms with Crippen molar-refractivity contribution in [3.8, 4) is 0 Å². The third kappa shape index (κ3) is 10.2. The molecule has 0 rings (SSSR count). The minimum absolute atomic E-state index is 0.0442. The first-order valence-corrected chi connectivity index (χ1v) is 13.7. The van der Waals surface area contributed by atoms with Gasteiger partial charge >= 0.3 is 17.6 Å². The van der Waals surface area contributed by atoms with Gasteiger partial charge in [-0.2, -0.15) is 0 Å². The Kier molecular flexibility index (Phi) is 14.4. The fourth-order valence-corrected chi connectivity index (χ4v) is 9.32. The molecule has 0 bridgehead atoms. The molecule has 0 aromatic carbocycles. The molecule has 0 atom stereocenters. The van der Waals surface area contributed by atoms with E-state index in [1.165, 1.54) is 0 Å². The normalized spacial score (nSPS) is 13.0. The van der Waals surface area contributed by atoms with Crippen molar-refractivity contribution in [2.45, 2.75) is 79.5 Å². The van der Waals surface area contributed by atoms with E-state index in [1.807, 2.05) is 34.6 Å². The number of rotatable bonds is 17. The Balaban J connectivity index is 5.30. The Morgan fingerprint density at radius 1 is 0.600 bits per heavy atom. The summed E-state index contributed by atoms with van der Waals surface area (Å²) in [5.41, 5.74) is 0. The Morgan fingerprint density at radius 2 is 1.00 bits per heavy atom. The van der Waals surface area contributed by atoms with Gasteiger partial charge in [-0.05, 0) is 47.5 Å². The topological polar surface area (TPSA) is 55.4 Å². The molecule has 0 aromatic rings. The van der Waals surface area contributed by atoms with Gasteiger partial charge < -0.3 is 26.6 Å². The van der Waals surface area contributed by atoms with Crippen molar-refractivity contribution in [1.82, 2.24) is 0 Å². The molecule has 25 heavy (non-hydrogen) atoms. The van der Waals surface area contributed by atoms with Crippen LogP contribution in [0.3, 0.4) is 0 Å². The Labute approximate surface area is 157 Å². The van der Waals surface area contributed by atoms with Crippen LogP contribution in [-0.4, -0.2) is 56.7 Å². The maximum atomic E-state index is 6.22. The minimum Gasteiger partial charge on any atom is -0.374 e. The highest BCUT2D eigenvalue weighted by Crippen LogP contribution is 2.27. The van der Waals surface area contributed by atoms with Crippen molar-refractivity contribution < 1.29 is 26.6 Å². The second kappa shape index (κ2) is 14.3. The molecular formula is C17H40O6Si2. The average molecular weight is 397 g/mol. The van der Waals surface area contributed by atoms with Crippen LogP contribution < -0.4 is 0 Å². The van der Waals surface area contributed by atoms with E-state index in [4.69, 9.17) is 26.6 Å². The van der Waals surface area contributed by atoms with E-state index in [-0.39, 0.29) is 6.10 Å². The standard InChI is InChI=1S/C17H40O6Si2/c1-8-13-21-25(22-14-9-2,23-17(6)7)16-15-24(18-10-3,19-11-4)20-12-5/h17H,8-16H2,1-7H3. The Bertz CT molecular complexity index is 292. The summed E-state index contributed by atoms with van der Waals surface area (Å²) in [7, 11) is -5.54. The lowest BCUT2D eigenvalue weighted by Crippen LogP contribution is -2.52. The molecule has 0 heterocycles. The lowest BCUT2D eigenvalue weighted by Gasteiger charge is -2.34. The average Bonchev–Trinajstić information content (AvgIpc) is 2.56. The Hall–Kier alpha value is 0.194. The molecule has 0 spiro atoms. The maximum Gasteiger partial charge on any atom is 0.501 e. The highest BCUT2D eigenvalue weighted by Gasteiger charge is 2.49. The third-order valence-electron chi connectivity index (χ3n) is 3.30. The van der Waals surface area contributed by atoms with Crippen LogP contribution in [0.2, 0.25) is 12.1 Å². The van der Waals surface area contributed by atoms with Gasteiger partial charge in [-0.3, -0.25) is 0 Å². The van der Waals surface area contributed by atoms with Gasteiger partial charge in [0, 0.05) is 51.2 Å². The molecule has 6 nitrogen and oxygen atoms in total. The largest absolute Gasteiger partial charge is 0.501 e. The molecular weight excluding hydrogens is 356 g/mol. The van der Waals surface area contributed by atoms with Crippen LogP contribution in [0.5, 0.6) is 0 Å². The van der Waals surface area contributed by atoms with Crippen molar-refractivity contribution in [2.24, 2.45) is 0 Å². The lowest BCUT2D eigenvalue weighted by molar-refractivity contribution is 0.0342. The molecule has 0 aliphatic carbocycles. The summed E-state index contributed by atoms with van der Waals surface area (Å²) in [6, 6.07) is 1.30. The van der Waals surface area contributed by atoms with E-state index < -0.39 is 17.6 Å². The molecule has 0 aromatic heterocycles. The van der Waals surface area contributed by atoms with Crippen LogP contribution >= 0.6 is 0 Å². The van der Waals surface area contributed by atoms with Crippen LogP contribution in [0.4, 0.5) is 0 Å². The summed E-state index contributed by atoms with van der Waals surface area (Å²) in [5.74, 6) is 0. The van der Waals surface area contributed by atoms with Gasteiger partial charge in [0.1, 0.15) is 0 Å². The van der Waals surface area contributed by atoms with E-state index in [2.05, 4.69) is 13.8 Å². The summed E-state index contributed by atoms with van der Waals surface area (Å²) in [5, 5.41) is 0. The van der Waals surface area contributed by atoms with Gasteiger partial charge in [-0.1, -0.05) is 13.8 Å². The highest BCUT2D eigenvalue weighted by atomic mass is 28.4.